The molecule has 1 aromatic carbocycles. The predicted molar refractivity (Wildman–Crippen MR) is 90.7 cm³/mol. The maximum atomic E-state index is 12.1. The number of hydrogen-bond acceptors (Lipinski definition) is 3. The van der Waals surface area contributed by atoms with Gasteiger partial charge in [0.05, 0.1) is 15.0 Å². The molecule has 0 radical (unpaired) electrons. The lowest BCUT2D eigenvalue weighted by Gasteiger charge is -2.17. The summed E-state index contributed by atoms with van der Waals surface area (Å²) < 4.78 is 6.78. The largest absolute Gasteiger partial charge is 0.492 e. The van der Waals surface area contributed by atoms with E-state index in [1.54, 1.807) is 23.3 Å². The third kappa shape index (κ3) is 4.21. The molecule has 0 aliphatic heterocycles. The molecule has 20 heavy (non-hydrogen) atoms. The fourth-order valence-electron chi connectivity index (χ4n) is 1.75. The quantitative estimate of drug-likeness (QED) is 0.714. The van der Waals surface area contributed by atoms with E-state index in [4.69, 9.17) is 4.74 Å². The molecule has 0 aliphatic rings. The number of rotatable bonds is 5. The minimum Gasteiger partial charge on any atom is -0.492 e. The number of ether oxygens (including phenoxy) is 1. The average molecular weight is 401 g/mol. The molecular formula is C15H16INO2S. The Morgan fingerprint density at radius 1 is 1.40 bits per heavy atom. The zero-order valence-corrected chi connectivity index (χ0v) is 14.4. The summed E-state index contributed by atoms with van der Waals surface area (Å²) in [5.41, 5.74) is 1.91. The third-order valence-electron chi connectivity index (χ3n) is 2.85. The van der Waals surface area contributed by atoms with Gasteiger partial charge in [0.1, 0.15) is 12.4 Å². The van der Waals surface area contributed by atoms with Crippen LogP contribution in [0.4, 0.5) is 0 Å². The van der Waals surface area contributed by atoms with Gasteiger partial charge in [0.15, 0.2) is 0 Å². The van der Waals surface area contributed by atoms with Crippen LogP contribution in [0.25, 0.3) is 0 Å². The van der Waals surface area contributed by atoms with Gasteiger partial charge in [-0.1, -0.05) is 12.1 Å². The van der Waals surface area contributed by atoms with Gasteiger partial charge in [-0.05, 0) is 53.3 Å². The summed E-state index contributed by atoms with van der Waals surface area (Å²) in [5.74, 6) is 0.882. The Labute approximate surface area is 136 Å². The average Bonchev–Trinajstić information content (AvgIpc) is 2.84. The predicted octanol–water partition coefficient (Wildman–Crippen LogP) is 3.81. The number of carbonyl (C=O) groups is 1. The maximum absolute atomic E-state index is 12.1. The Bertz CT molecular complexity index is 597. The van der Waals surface area contributed by atoms with Gasteiger partial charge in [-0.3, -0.25) is 4.79 Å². The first-order valence-electron chi connectivity index (χ1n) is 6.25. The summed E-state index contributed by atoms with van der Waals surface area (Å²) in [6, 6.07) is 9.82. The minimum absolute atomic E-state index is 0.0389. The van der Waals surface area contributed by atoms with Crippen molar-refractivity contribution in [2.75, 3.05) is 20.2 Å². The molecule has 0 bridgehead atoms. The number of nitrogens with zero attached hydrogens (tertiary/aromatic N) is 1. The van der Waals surface area contributed by atoms with Crippen molar-refractivity contribution in [3.05, 3.63) is 49.7 Å². The highest BCUT2D eigenvalue weighted by Crippen LogP contribution is 2.18. The lowest BCUT2D eigenvalue weighted by molar-refractivity contribution is 0.0774. The molecule has 5 heteroatoms. The van der Waals surface area contributed by atoms with E-state index in [-0.39, 0.29) is 5.91 Å². The molecule has 106 valence electrons. The molecule has 0 spiro atoms. The van der Waals surface area contributed by atoms with Gasteiger partial charge in [-0.25, -0.2) is 0 Å². The molecule has 0 saturated heterocycles. The van der Waals surface area contributed by atoms with Crippen molar-refractivity contribution < 1.29 is 9.53 Å². The van der Waals surface area contributed by atoms with Crippen LogP contribution in [0.2, 0.25) is 0 Å². The third-order valence-corrected chi connectivity index (χ3v) is 4.64. The second-order valence-electron chi connectivity index (χ2n) is 4.53. The SMILES string of the molecule is Cc1cccc(OCCN(C)C(=O)c2csc(I)c2)c1. The molecule has 1 amide bonds. The molecule has 0 fully saturated rings. The van der Waals surface area contributed by atoms with Crippen molar-refractivity contribution >= 4 is 39.8 Å². The lowest BCUT2D eigenvalue weighted by atomic mass is 10.2. The van der Waals surface area contributed by atoms with E-state index in [0.717, 1.165) is 14.2 Å². The van der Waals surface area contributed by atoms with Crippen LogP contribution in [-0.2, 0) is 0 Å². The zero-order valence-electron chi connectivity index (χ0n) is 11.4. The van der Waals surface area contributed by atoms with E-state index >= 15 is 0 Å². The van der Waals surface area contributed by atoms with E-state index in [9.17, 15) is 4.79 Å². The van der Waals surface area contributed by atoms with Crippen LogP contribution in [0.5, 0.6) is 5.75 Å². The molecule has 1 aromatic heterocycles. The lowest BCUT2D eigenvalue weighted by Crippen LogP contribution is -2.30. The second-order valence-corrected chi connectivity index (χ2v) is 7.34. The van der Waals surface area contributed by atoms with E-state index in [0.29, 0.717) is 13.2 Å². The Hall–Kier alpha value is -1.08. The van der Waals surface area contributed by atoms with Gasteiger partial charge in [-0.2, -0.15) is 0 Å². The summed E-state index contributed by atoms with van der Waals surface area (Å²) in [5, 5.41) is 1.89. The van der Waals surface area contributed by atoms with Gasteiger partial charge in [0, 0.05) is 12.4 Å². The van der Waals surface area contributed by atoms with Crippen LogP contribution in [0.15, 0.2) is 35.7 Å². The summed E-state index contributed by atoms with van der Waals surface area (Å²) >= 11 is 3.80. The highest BCUT2D eigenvalue weighted by molar-refractivity contribution is 14.1. The highest BCUT2D eigenvalue weighted by atomic mass is 127. The first kappa shape index (κ1) is 15.3. The van der Waals surface area contributed by atoms with Gasteiger partial charge in [-0.15, -0.1) is 11.3 Å². The standard InChI is InChI=1S/C15H16INO2S/c1-11-4-3-5-13(8-11)19-7-6-17(2)15(18)12-9-14(16)20-10-12/h3-5,8-10H,6-7H2,1-2H3. The normalized spacial score (nSPS) is 10.3. The fraction of sp³-hybridized carbons (Fsp3) is 0.267. The molecular weight excluding hydrogens is 385 g/mol. The summed E-state index contributed by atoms with van der Waals surface area (Å²) in [6.07, 6.45) is 0. The van der Waals surface area contributed by atoms with Crippen molar-refractivity contribution in [3.63, 3.8) is 0 Å². The number of aryl methyl sites for hydroxylation is 1. The molecule has 1 heterocycles. The van der Waals surface area contributed by atoms with Gasteiger partial charge < -0.3 is 9.64 Å². The Morgan fingerprint density at radius 3 is 2.85 bits per heavy atom. The highest BCUT2D eigenvalue weighted by Gasteiger charge is 2.13. The number of benzene rings is 1. The minimum atomic E-state index is 0.0389. The maximum Gasteiger partial charge on any atom is 0.254 e. The number of thiophene rings is 1. The molecule has 0 saturated carbocycles. The number of likely N-dealkylation sites (N-methyl/N-ethyl adjacent to an activating group) is 1. The Balaban J connectivity index is 1.83. The molecule has 2 aromatic rings. The van der Waals surface area contributed by atoms with Crippen LogP contribution in [0.3, 0.4) is 0 Å². The van der Waals surface area contributed by atoms with Crippen LogP contribution in [0.1, 0.15) is 15.9 Å². The number of hydrogen-bond donors (Lipinski definition) is 0. The van der Waals surface area contributed by atoms with Crippen LogP contribution in [-0.4, -0.2) is 31.0 Å². The topological polar surface area (TPSA) is 29.5 Å². The van der Waals surface area contributed by atoms with Crippen molar-refractivity contribution in [1.82, 2.24) is 4.90 Å². The van der Waals surface area contributed by atoms with Crippen molar-refractivity contribution in [2.45, 2.75) is 6.92 Å². The number of halogens is 1. The van der Waals surface area contributed by atoms with E-state index in [2.05, 4.69) is 22.6 Å². The molecule has 0 aliphatic carbocycles. The summed E-state index contributed by atoms with van der Waals surface area (Å²) in [6.45, 7) is 3.09. The van der Waals surface area contributed by atoms with Crippen LogP contribution >= 0.6 is 33.9 Å². The molecule has 0 N–H and O–H groups in total. The number of carbonyl (C=O) groups excluding carboxylic acids is 1. The van der Waals surface area contributed by atoms with Crippen molar-refractivity contribution in [2.24, 2.45) is 0 Å². The molecule has 0 unspecified atom stereocenters. The zero-order chi connectivity index (χ0) is 14.5. The van der Waals surface area contributed by atoms with E-state index in [1.807, 2.05) is 42.6 Å². The summed E-state index contributed by atoms with van der Waals surface area (Å²) in [4.78, 5) is 13.8. The van der Waals surface area contributed by atoms with E-state index in [1.165, 1.54) is 5.56 Å². The molecule has 2 rings (SSSR count). The Morgan fingerprint density at radius 2 is 2.20 bits per heavy atom. The van der Waals surface area contributed by atoms with Gasteiger partial charge in [0.25, 0.3) is 5.91 Å². The number of amides is 1. The first-order chi connectivity index (χ1) is 9.56. The molecule has 0 atom stereocenters. The monoisotopic (exact) mass is 401 g/mol. The van der Waals surface area contributed by atoms with Crippen molar-refractivity contribution in [3.8, 4) is 5.75 Å². The van der Waals surface area contributed by atoms with Gasteiger partial charge >= 0.3 is 0 Å². The first-order valence-corrected chi connectivity index (χ1v) is 8.21. The summed E-state index contributed by atoms with van der Waals surface area (Å²) in [7, 11) is 1.80. The second kappa shape index (κ2) is 7.08. The van der Waals surface area contributed by atoms with Crippen LogP contribution < -0.4 is 4.74 Å². The molecule has 3 nitrogen and oxygen atoms in total. The van der Waals surface area contributed by atoms with Crippen molar-refractivity contribution in [1.29, 1.82) is 0 Å². The van der Waals surface area contributed by atoms with Crippen LogP contribution in [0, 0.1) is 9.81 Å². The smallest absolute Gasteiger partial charge is 0.254 e. The fourth-order valence-corrected chi connectivity index (χ4v) is 3.07. The van der Waals surface area contributed by atoms with E-state index < -0.39 is 0 Å². The Kier molecular flexibility index (Phi) is 5.42. The van der Waals surface area contributed by atoms with Gasteiger partial charge in [0.2, 0.25) is 0 Å².